The molecule has 15 heteroatoms. The van der Waals surface area contributed by atoms with Crippen LogP contribution in [0.4, 0.5) is 5.82 Å². The Bertz CT molecular complexity index is 1060. The number of nitrogens with zero attached hydrogens (tertiary/aromatic N) is 9. The van der Waals surface area contributed by atoms with E-state index in [9.17, 15) is 14.4 Å². The van der Waals surface area contributed by atoms with Crippen LogP contribution in [0, 0.1) is 0 Å². The lowest BCUT2D eigenvalue weighted by molar-refractivity contribution is 0.0988. The van der Waals surface area contributed by atoms with Gasteiger partial charge in [0.05, 0.1) is 6.33 Å². The summed E-state index contributed by atoms with van der Waals surface area (Å²) >= 11 is 0. The average Bonchev–Trinajstić information content (AvgIpc) is 3.23. The van der Waals surface area contributed by atoms with Crippen molar-refractivity contribution < 1.29 is 9.59 Å². The third kappa shape index (κ3) is 4.27. The molecule has 0 saturated heterocycles. The van der Waals surface area contributed by atoms with Gasteiger partial charge in [-0.25, -0.2) is 19.2 Å². The number of amides is 2. The second-order valence-electron chi connectivity index (χ2n) is 5.15. The van der Waals surface area contributed by atoms with Gasteiger partial charge in [0.1, 0.15) is 6.33 Å². The molecule has 0 atom stereocenters. The topological polar surface area (TPSA) is 208 Å². The van der Waals surface area contributed by atoms with Crippen LogP contribution in [0.3, 0.4) is 0 Å². The molecular formula is C12H16N12O3. The van der Waals surface area contributed by atoms with Crippen molar-refractivity contribution in [1.82, 2.24) is 39.4 Å². The number of hydrogen-bond acceptors (Lipinski definition) is 9. The molecule has 3 aromatic rings. The highest BCUT2D eigenvalue weighted by molar-refractivity contribution is 5.96. The first kappa shape index (κ1) is 19.2. The van der Waals surface area contributed by atoms with E-state index in [1.165, 1.54) is 24.7 Å². The summed E-state index contributed by atoms with van der Waals surface area (Å²) in [6.07, 6.45) is 2.52. The molecule has 0 unspecified atom stereocenters. The Hall–Kier alpha value is -4.17. The lowest BCUT2D eigenvalue weighted by atomic mass is 10.4. The van der Waals surface area contributed by atoms with Crippen LogP contribution in [-0.4, -0.2) is 65.3 Å². The van der Waals surface area contributed by atoms with Crippen LogP contribution in [0.2, 0.25) is 0 Å². The molecule has 142 valence electrons. The fraction of sp³-hybridized carbons (Fsp3) is 0.250. The van der Waals surface area contributed by atoms with Gasteiger partial charge in [0, 0.05) is 21.1 Å². The predicted molar refractivity (Wildman–Crippen MR) is 89.8 cm³/mol. The summed E-state index contributed by atoms with van der Waals surface area (Å²) in [6, 6.07) is 0. The SMILES string of the molecule is CN(C)/N=N/c1[nH]cnc1C(N)=O.Cn1nnc2c(C(N)=O)ncn2c1=O. The summed E-state index contributed by atoms with van der Waals surface area (Å²) in [6.45, 7) is 0. The van der Waals surface area contributed by atoms with E-state index >= 15 is 0 Å². The molecule has 0 spiro atoms. The van der Waals surface area contributed by atoms with Crippen molar-refractivity contribution in [2.45, 2.75) is 0 Å². The number of rotatable bonds is 4. The monoisotopic (exact) mass is 376 g/mol. The summed E-state index contributed by atoms with van der Waals surface area (Å²) in [5.74, 6) is -1.11. The number of carbonyl (C=O) groups is 2. The van der Waals surface area contributed by atoms with Crippen LogP contribution in [0.25, 0.3) is 5.65 Å². The minimum absolute atomic E-state index is 0.0600. The molecule has 0 saturated carbocycles. The number of nitrogens with one attached hydrogen (secondary N) is 1. The molecule has 0 bridgehead atoms. The number of aromatic amines is 1. The van der Waals surface area contributed by atoms with Crippen molar-refractivity contribution >= 4 is 23.3 Å². The fourth-order valence-electron chi connectivity index (χ4n) is 1.73. The van der Waals surface area contributed by atoms with Gasteiger partial charge in [0.15, 0.2) is 22.9 Å². The molecule has 0 aromatic carbocycles. The zero-order chi connectivity index (χ0) is 20.1. The van der Waals surface area contributed by atoms with Crippen LogP contribution < -0.4 is 17.2 Å². The largest absolute Gasteiger partial charge is 0.364 e. The van der Waals surface area contributed by atoms with Crippen LogP contribution in [0.1, 0.15) is 21.0 Å². The number of hydrogen-bond donors (Lipinski definition) is 3. The number of H-pyrrole nitrogens is 1. The summed E-state index contributed by atoms with van der Waals surface area (Å²) in [4.78, 5) is 43.0. The van der Waals surface area contributed by atoms with E-state index in [-0.39, 0.29) is 22.9 Å². The Morgan fingerprint density at radius 3 is 2.44 bits per heavy atom. The van der Waals surface area contributed by atoms with Crippen molar-refractivity contribution in [3.8, 4) is 0 Å². The van der Waals surface area contributed by atoms with Crippen LogP contribution in [-0.2, 0) is 7.05 Å². The number of primary amides is 2. The summed E-state index contributed by atoms with van der Waals surface area (Å²) < 4.78 is 2.13. The summed E-state index contributed by atoms with van der Waals surface area (Å²) in [7, 11) is 4.87. The molecule has 0 aliphatic carbocycles. The van der Waals surface area contributed by atoms with Gasteiger partial charge in [0.2, 0.25) is 0 Å². The van der Waals surface area contributed by atoms with Gasteiger partial charge in [-0.3, -0.25) is 14.6 Å². The first-order chi connectivity index (χ1) is 12.7. The van der Waals surface area contributed by atoms with Gasteiger partial charge in [-0.15, -0.1) is 10.2 Å². The fourth-order valence-corrected chi connectivity index (χ4v) is 1.73. The Labute approximate surface area is 150 Å². The highest BCUT2D eigenvalue weighted by atomic mass is 16.2. The van der Waals surface area contributed by atoms with Crippen molar-refractivity contribution in [2.75, 3.05) is 14.1 Å². The van der Waals surface area contributed by atoms with E-state index < -0.39 is 17.5 Å². The maximum absolute atomic E-state index is 11.4. The van der Waals surface area contributed by atoms with E-state index in [1.54, 1.807) is 14.1 Å². The third-order valence-electron chi connectivity index (χ3n) is 2.91. The third-order valence-corrected chi connectivity index (χ3v) is 2.91. The zero-order valence-electron chi connectivity index (χ0n) is 14.6. The molecule has 27 heavy (non-hydrogen) atoms. The number of carbonyl (C=O) groups excluding carboxylic acids is 2. The second kappa shape index (κ2) is 7.81. The van der Waals surface area contributed by atoms with Gasteiger partial charge in [0.25, 0.3) is 11.8 Å². The quantitative estimate of drug-likeness (QED) is 0.341. The Morgan fingerprint density at radius 1 is 1.19 bits per heavy atom. The minimum Gasteiger partial charge on any atom is -0.364 e. The van der Waals surface area contributed by atoms with Crippen LogP contribution >= 0.6 is 0 Å². The lowest BCUT2D eigenvalue weighted by Crippen LogP contribution is -2.27. The van der Waals surface area contributed by atoms with E-state index in [0.29, 0.717) is 0 Å². The molecule has 0 fully saturated rings. The molecule has 15 nitrogen and oxygen atoms in total. The van der Waals surface area contributed by atoms with Crippen molar-refractivity contribution in [3.63, 3.8) is 0 Å². The Kier molecular flexibility index (Phi) is 5.54. The first-order valence-electron chi connectivity index (χ1n) is 7.21. The number of aromatic nitrogens is 7. The Balaban J connectivity index is 0.000000194. The van der Waals surface area contributed by atoms with Gasteiger partial charge in [-0.05, 0) is 0 Å². The molecule has 0 aliphatic rings. The Morgan fingerprint density at radius 2 is 1.85 bits per heavy atom. The van der Waals surface area contributed by atoms with Crippen molar-refractivity contribution in [3.05, 3.63) is 34.5 Å². The zero-order valence-corrected chi connectivity index (χ0v) is 14.6. The minimum atomic E-state index is -0.741. The molecular weight excluding hydrogens is 360 g/mol. The standard InChI is InChI=1S/C6H6N6O2.C6H10N6O/c1-11-6(14)12-2-8-3(4(7)13)5(12)9-10-11;1-12(2)11-10-6-4(5(7)13)8-3-9-6/h2H,1H3,(H2,7,13);3H,1-2H3,(H2,7,13)(H,8,9)/b;11-10+. The van der Waals surface area contributed by atoms with Gasteiger partial charge < -0.3 is 16.5 Å². The number of aryl methyl sites for hydroxylation is 1. The number of fused-ring (bicyclic) bond motifs is 1. The molecule has 5 N–H and O–H groups in total. The highest BCUT2D eigenvalue weighted by Crippen LogP contribution is 2.12. The van der Waals surface area contributed by atoms with Crippen molar-refractivity contribution in [1.29, 1.82) is 0 Å². The van der Waals surface area contributed by atoms with Crippen LogP contribution in [0.5, 0.6) is 0 Å². The molecule has 3 rings (SSSR count). The molecule has 3 heterocycles. The van der Waals surface area contributed by atoms with Gasteiger partial charge in [-0.2, -0.15) is 4.68 Å². The van der Waals surface area contributed by atoms with E-state index in [4.69, 9.17) is 11.5 Å². The number of nitrogens with two attached hydrogens (primary N) is 2. The maximum Gasteiger partial charge on any atom is 0.352 e. The normalized spacial score (nSPS) is 10.6. The highest BCUT2D eigenvalue weighted by Gasteiger charge is 2.13. The van der Waals surface area contributed by atoms with Crippen molar-refractivity contribution in [2.24, 2.45) is 28.9 Å². The van der Waals surface area contributed by atoms with E-state index in [0.717, 1.165) is 9.08 Å². The number of imidazole rings is 2. The second-order valence-corrected chi connectivity index (χ2v) is 5.15. The van der Waals surface area contributed by atoms with Gasteiger partial charge in [-0.1, -0.05) is 10.4 Å². The molecule has 2 amide bonds. The summed E-state index contributed by atoms with van der Waals surface area (Å²) in [5.41, 5.74) is 9.71. The predicted octanol–water partition coefficient (Wildman–Crippen LogP) is -2.01. The maximum atomic E-state index is 11.4. The van der Waals surface area contributed by atoms with E-state index in [2.05, 4.69) is 35.6 Å². The average molecular weight is 376 g/mol. The smallest absolute Gasteiger partial charge is 0.352 e. The summed E-state index contributed by atoms with van der Waals surface area (Å²) in [5, 5.41) is 16.0. The van der Waals surface area contributed by atoms with Gasteiger partial charge >= 0.3 is 5.69 Å². The van der Waals surface area contributed by atoms with E-state index in [1.807, 2.05) is 0 Å². The molecule has 0 aliphatic heterocycles. The lowest BCUT2D eigenvalue weighted by Gasteiger charge is -1.99. The molecule has 0 radical (unpaired) electrons. The molecule has 3 aromatic heterocycles. The first-order valence-corrected chi connectivity index (χ1v) is 7.21. The van der Waals surface area contributed by atoms with Crippen LogP contribution in [0.15, 0.2) is 27.8 Å².